The van der Waals surface area contributed by atoms with Crippen LogP contribution in [0.15, 0.2) is 29.0 Å². The Hall–Kier alpha value is -1.65. The van der Waals surface area contributed by atoms with E-state index in [9.17, 15) is 4.79 Å². The van der Waals surface area contributed by atoms with Crippen LogP contribution >= 0.6 is 22.9 Å². The molecule has 3 nitrogen and oxygen atoms in total. The number of nitrogens with zero attached hydrogens (tertiary/aromatic N) is 1. The maximum atomic E-state index is 12.2. The van der Waals surface area contributed by atoms with Gasteiger partial charge < -0.3 is 4.42 Å². The lowest BCUT2D eigenvalue weighted by molar-refractivity contribution is -0.117. The van der Waals surface area contributed by atoms with E-state index in [4.69, 9.17) is 16.0 Å². The number of ketones is 1. The number of hydrogen-bond acceptors (Lipinski definition) is 4. The number of benzene rings is 1. The molecule has 1 aromatic carbocycles. The largest absolute Gasteiger partial charge is 0.462 e. The molecule has 3 aromatic rings. The van der Waals surface area contributed by atoms with Crippen LogP contribution in [-0.2, 0) is 17.6 Å². The molecule has 0 aliphatic carbocycles. The van der Waals surface area contributed by atoms with Crippen molar-refractivity contribution in [2.45, 2.75) is 26.7 Å². The first-order chi connectivity index (χ1) is 10.0. The molecule has 2 heterocycles. The van der Waals surface area contributed by atoms with Gasteiger partial charge in [-0.1, -0.05) is 23.7 Å². The minimum atomic E-state index is 0.128. The van der Waals surface area contributed by atoms with Crippen LogP contribution < -0.4 is 0 Å². The average molecular weight is 320 g/mol. The predicted molar refractivity (Wildman–Crippen MR) is 85.2 cm³/mol. The van der Waals surface area contributed by atoms with Crippen LogP contribution in [0, 0.1) is 13.8 Å². The molecule has 0 N–H and O–H groups in total. The molecule has 5 heteroatoms. The minimum Gasteiger partial charge on any atom is -0.462 e. The van der Waals surface area contributed by atoms with E-state index in [2.05, 4.69) is 4.98 Å². The normalized spacial score (nSPS) is 11.2. The predicted octanol–water partition coefficient (Wildman–Crippen LogP) is 4.51. The van der Waals surface area contributed by atoms with Gasteiger partial charge in [-0.05, 0) is 19.4 Å². The van der Waals surface area contributed by atoms with Gasteiger partial charge in [0.25, 0.3) is 0 Å². The van der Waals surface area contributed by atoms with E-state index in [1.165, 1.54) is 0 Å². The number of carbonyl (C=O) groups excluding carboxylic acids is 1. The van der Waals surface area contributed by atoms with E-state index in [0.717, 1.165) is 26.4 Å². The average Bonchev–Trinajstić information content (AvgIpc) is 3.01. The van der Waals surface area contributed by atoms with Gasteiger partial charge in [0, 0.05) is 28.4 Å². The lowest BCUT2D eigenvalue weighted by Crippen LogP contribution is -2.05. The van der Waals surface area contributed by atoms with Crippen molar-refractivity contribution in [3.8, 4) is 0 Å². The number of thiazole rings is 1. The summed E-state index contributed by atoms with van der Waals surface area (Å²) in [6.45, 7) is 3.92. The van der Waals surface area contributed by atoms with Crippen molar-refractivity contribution < 1.29 is 9.21 Å². The zero-order valence-electron chi connectivity index (χ0n) is 11.8. The van der Waals surface area contributed by atoms with E-state index in [-0.39, 0.29) is 5.78 Å². The molecule has 0 aliphatic heterocycles. The smallest absolute Gasteiger partial charge is 0.152 e. The first kappa shape index (κ1) is 14.3. The molecule has 0 fully saturated rings. The molecule has 0 bridgehead atoms. The summed E-state index contributed by atoms with van der Waals surface area (Å²) < 4.78 is 5.52. The van der Waals surface area contributed by atoms with E-state index < -0.39 is 0 Å². The molecule has 108 valence electrons. The van der Waals surface area contributed by atoms with E-state index >= 15 is 0 Å². The van der Waals surface area contributed by atoms with Gasteiger partial charge in [0.15, 0.2) is 5.58 Å². The molecule has 0 amide bonds. The molecule has 0 aliphatic rings. The maximum Gasteiger partial charge on any atom is 0.152 e. The molecule has 0 atom stereocenters. The van der Waals surface area contributed by atoms with Gasteiger partial charge in [-0.15, -0.1) is 11.3 Å². The summed E-state index contributed by atoms with van der Waals surface area (Å²) in [6, 6.07) is 3.90. The summed E-state index contributed by atoms with van der Waals surface area (Å²) in [7, 11) is 0. The highest BCUT2D eigenvalue weighted by Gasteiger charge is 2.14. The summed E-state index contributed by atoms with van der Waals surface area (Å²) in [5.74, 6) is 0.128. The lowest BCUT2D eigenvalue weighted by Gasteiger charge is -2.00. The van der Waals surface area contributed by atoms with Crippen molar-refractivity contribution in [1.82, 2.24) is 4.98 Å². The highest BCUT2D eigenvalue weighted by molar-refractivity contribution is 7.11. The number of rotatable bonds is 4. The van der Waals surface area contributed by atoms with E-state index in [1.54, 1.807) is 23.8 Å². The Morgan fingerprint density at radius 2 is 2.14 bits per heavy atom. The van der Waals surface area contributed by atoms with Crippen molar-refractivity contribution in [2.75, 3.05) is 0 Å². The molecular weight excluding hydrogens is 306 g/mol. The van der Waals surface area contributed by atoms with Gasteiger partial charge in [-0.2, -0.15) is 0 Å². The lowest BCUT2D eigenvalue weighted by atomic mass is 10.1. The Morgan fingerprint density at radius 3 is 2.86 bits per heavy atom. The quantitative estimate of drug-likeness (QED) is 0.710. The SMILES string of the molecule is Cc1cnc(CC(=O)Cc2coc3c(Cl)c(C)ccc23)s1. The number of halogens is 1. The zero-order valence-corrected chi connectivity index (χ0v) is 13.3. The third-order valence-electron chi connectivity index (χ3n) is 3.36. The second-order valence-corrected chi connectivity index (χ2v) is 6.79. The number of hydrogen-bond donors (Lipinski definition) is 0. The fourth-order valence-corrected chi connectivity index (χ4v) is 3.30. The van der Waals surface area contributed by atoms with Crippen molar-refractivity contribution >= 4 is 39.7 Å². The topological polar surface area (TPSA) is 43.1 Å². The number of aryl methyl sites for hydroxylation is 2. The Morgan fingerprint density at radius 1 is 1.33 bits per heavy atom. The molecule has 2 aromatic heterocycles. The maximum absolute atomic E-state index is 12.2. The first-order valence-corrected chi connectivity index (χ1v) is 7.82. The summed E-state index contributed by atoms with van der Waals surface area (Å²) in [6.07, 6.45) is 4.12. The second kappa shape index (κ2) is 5.62. The van der Waals surface area contributed by atoms with Gasteiger partial charge in [0.1, 0.15) is 10.8 Å². The highest BCUT2D eigenvalue weighted by Crippen LogP contribution is 2.31. The third-order valence-corrected chi connectivity index (χ3v) is 4.74. The Bertz CT molecular complexity index is 819. The molecule has 21 heavy (non-hydrogen) atoms. The van der Waals surface area contributed by atoms with Gasteiger partial charge >= 0.3 is 0 Å². The minimum absolute atomic E-state index is 0.128. The van der Waals surface area contributed by atoms with Crippen LogP contribution in [0.25, 0.3) is 11.0 Å². The second-order valence-electron chi connectivity index (χ2n) is 5.09. The third kappa shape index (κ3) is 2.87. The number of carbonyl (C=O) groups is 1. The van der Waals surface area contributed by atoms with Crippen LogP contribution in [0.3, 0.4) is 0 Å². The van der Waals surface area contributed by atoms with Gasteiger partial charge in [0.2, 0.25) is 0 Å². The molecule has 0 saturated carbocycles. The summed E-state index contributed by atoms with van der Waals surface area (Å²) in [5.41, 5.74) is 2.50. The van der Waals surface area contributed by atoms with Crippen molar-refractivity contribution in [2.24, 2.45) is 0 Å². The monoisotopic (exact) mass is 319 g/mol. The standard InChI is InChI=1S/C16H14ClNO2S/c1-9-3-4-13-11(8-20-16(13)15(9)17)5-12(19)6-14-18-7-10(2)21-14/h3-4,7-8H,5-6H2,1-2H3. The molecular formula is C16H14ClNO2S. The number of fused-ring (bicyclic) bond motifs is 1. The molecule has 3 rings (SSSR count). The number of Topliss-reactive ketones (excluding diaryl/α,β-unsaturated/α-hetero) is 1. The van der Waals surface area contributed by atoms with Gasteiger partial charge in [-0.25, -0.2) is 4.98 Å². The number of aromatic nitrogens is 1. The Labute approximate surface area is 131 Å². The highest BCUT2D eigenvalue weighted by atomic mass is 35.5. The van der Waals surface area contributed by atoms with Crippen LogP contribution in [0.5, 0.6) is 0 Å². The van der Waals surface area contributed by atoms with E-state index in [1.807, 2.05) is 26.0 Å². The summed E-state index contributed by atoms with van der Waals surface area (Å²) >= 11 is 7.78. The molecule has 0 saturated heterocycles. The van der Waals surface area contributed by atoms with Crippen molar-refractivity contribution in [1.29, 1.82) is 0 Å². The van der Waals surface area contributed by atoms with Gasteiger partial charge in [-0.3, -0.25) is 4.79 Å². The molecule has 0 unspecified atom stereocenters. The molecule has 0 spiro atoms. The Kier molecular flexibility index (Phi) is 3.83. The number of furan rings is 1. The van der Waals surface area contributed by atoms with Crippen LogP contribution in [0.2, 0.25) is 5.02 Å². The van der Waals surface area contributed by atoms with Crippen LogP contribution in [0.1, 0.15) is 21.0 Å². The van der Waals surface area contributed by atoms with Crippen molar-refractivity contribution in [3.63, 3.8) is 0 Å². The zero-order chi connectivity index (χ0) is 15.0. The fourth-order valence-electron chi connectivity index (χ4n) is 2.28. The Balaban J connectivity index is 1.82. The van der Waals surface area contributed by atoms with Crippen LogP contribution in [-0.4, -0.2) is 10.8 Å². The van der Waals surface area contributed by atoms with E-state index in [0.29, 0.717) is 23.4 Å². The van der Waals surface area contributed by atoms with Crippen molar-refractivity contribution in [3.05, 3.63) is 50.6 Å². The summed E-state index contributed by atoms with van der Waals surface area (Å²) in [4.78, 5) is 17.5. The van der Waals surface area contributed by atoms with Gasteiger partial charge in [0.05, 0.1) is 17.7 Å². The summed E-state index contributed by atoms with van der Waals surface area (Å²) in [5, 5.41) is 2.38. The molecule has 0 radical (unpaired) electrons. The fraction of sp³-hybridized carbons (Fsp3) is 0.250. The van der Waals surface area contributed by atoms with Crippen LogP contribution in [0.4, 0.5) is 0 Å². The first-order valence-electron chi connectivity index (χ1n) is 6.63.